The molecular weight excluding hydrogens is 246 g/mol. The summed E-state index contributed by atoms with van der Waals surface area (Å²) >= 11 is 1.86. The lowest BCUT2D eigenvalue weighted by molar-refractivity contribution is 0.697. The van der Waals surface area contributed by atoms with Crippen LogP contribution in [0.4, 0.5) is 11.6 Å². The molecule has 0 fully saturated rings. The Labute approximate surface area is 113 Å². The third-order valence-corrected chi connectivity index (χ3v) is 3.55. The number of thioether (sulfide) groups is 1. The highest BCUT2D eigenvalue weighted by Gasteiger charge is 2.10. The Hall–Kier alpha value is -1.01. The van der Waals surface area contributed by atoms with Gasteiger partial charge in [0.25, 0.3) is 0 Å². The minimum absolute atomic E-state index is 0.610. The number of nitrogens with two attached hydrogens (primary N) is 1. The van der Waals surface area contributed by atoms with Crippen molar-refractivity contribution in [3.05, 3.63) is 11.9 Å². The molecule has 1 unspecified atom stereocenters. The molecule has 18 heavy (non-hydrogen) atoms. The predicted octanol–water partition coefficient (Wildman–Crippen LogP) is 2.13. The van der Waals surface area contributed by atoms with Gasteiger partial charge >= 0.3 is 0 Å². The third kappa shape index (κ3) is 4.34. The van der Waals surface area contributed by atoms with Crippen LogP contribution in [0.25, 0.3) is 0 Å². The summed E-state index contributed by atoms with van der Waals surface area (Å²) in [4.78, 5) is 8.46. The molecule has 0 amide bonds. The number of hydrogen-bond donors (Lipinski definition) is 3. The summed E-state index contributed by atoms with van der Waals surface area (Å²) in [6, 6.07) is 0. The van der Waals surface area contributed by atoms with Crippen LogP contribution in [-0.4, -0.2) is 28.5 Å². The van der Waals surface area contributed by atoms with E-state index in [0.29, 0.717) is 11.7 Å². The Morgan fingerprint density at radius 2 is 2.11 bits per heavy atom. The maximum absolute atomic E-state index is 5.48. The monoisotopic (exact) mass is 269 g/mol. The topological polar surface area (TPSA) is 75.9 Å². The molecule has 5 nitrogen and oxygen atoms in total. The number of nitrogens with zero attached hydrogens (tertiary/aromatic N) is 2. The Morgan fingerprint density at radius 3 is 2.72 bits per heavy atom. The summed E-state index contributed by atoms with van der Waals surface area (Å²) in [5, 5.41) is 3.40. The minimum atomic E-state index is 0.610. The van der Waals surface area contributed by atoms with Crippen LogP contribution < -0.4 is 16.6 Å². The molecule has 0 saturated carbocycles. The maximum Gasteiger partial charge on any atom is 0.148 e. The number of aromatic nitrogens is 2. The van der Waals surface area contributed by atoms with Gasteiger partial charge in [0.05, 0.1) is 0 Å². The molecule has 0 radical (unpaired) electrons. The van der Waals surface area contributed by atoms with Gasteiger partial charge in [0.2, 0.25) is 0 Å². The predicted molar refractivity (Wildman–Crippen MR) is 79.9 cm³/mol. The smallest absolute Gasteiger partial charge is 0.148 e. The van der Waals surface area contributed by atoms with Crippen LogP contribution in [-0.2, 0) is 6.42 Å². The summed E-state index contributed by atoms with van der Waals surface area (Å²) in [6.45, 7) is 5.28. The van der Waals surface area contributed by atoms with E-state index in [1.165, 1.54) is 6.33 Å². The molecule has 0 saturated heterocycles. The van der Waals surface area contributed by atoms with Crippen LogP contribution in [0.1, 0.15) is 25.8 Å². The zero-order valence-corrected chi connectivity index (χ0v) is 12.2. The lowest BCUT2D eigenvalue weighted by atomic mass is 10.1. The van der Waals surface area contributed by atoms with Crippen molar-refractivity contribution in [3.63, 3.8) is 0 Å². The van der Waals surface area contributed by atoms with Crippen molar-refractivity contribution in [1.82, 2.24) is 9.97 Å². The summed E-state index contributed by atoms with van der Waals surface area (Å²) in [7, 11) is 0. The molecular formula is C12H23N5S. The summed E-state index contributed by atoms with van der Waals surface area (Å²) in [5.41, 5.74) is 3.71. The van der Waals surface area contributed by atoms with E-state index in [9.17, 15) is 0 Å². The van der Waals surface area contributed by atoms with Gasteiger partial charge in [0.15, 0.2) is 0 Å². The Morgan fingerprint density at radius 1 is 1.39 bits per heavy atom. The number of hydrazine groups is 1. The molecule has 0 aliphatic rings. The highest BCUT2D eigenvalue weighted by Crippen LogP contribution is 2.21. The first-order valence-corrected chi connectivity index (χ1v) is 7.65. The number of rotatable bonds is 8. The molecule has 0 aliphatic heterocycles. The first-order chi connectivity index (χ1) is 8.72. The number of hydrogen-bond acceptors (Lipinski definition) is 6. The van der Waals surface area contributed by atoms with Crippen LogP contribution in [0.2, 0.25) is 0 Å². The SMILES string of the molecule is CCCc1c(NN)ncnc1NCC(C)CSC. The molecule has 1 atom stereocenters. The second kappa shape index (κ2) is 8.16. The zero-order valence-electron chi connectivity index (χ0n) is 11.4. The summed E-state index contributed by atoms with van der Waals surface area (Å²) in [5.74, 6) is 8.84. The van der Waals surface area contributed by atoms with E-state index in [2.05, 4.69) is 40.8 Å². The highest BCUT2D eigenvalue weighted by molar-refractivity contribution is 7.98. The van der Waals surface area contributed by atoms with E-state index < -0.39 is 0 Å². The molecule has 4 N–H and O–H groups in total. The van der Waals surface area contributed by atoms with E-state index >= 15 is 0 Å². The molecule has 1 aromatic rings. The zero-order chi connectivity index (χ0) is 13.4. The van der Waals surface area contributed by atoms with Gasteiger partial charge in [-0.1, -0.05) is 20.3 Å². The number of nitrogens with one attached hydrogen (secondary N) is 2. The second-order valence-electron chi connectivity index (χ2n) is 4.39. The van der Waals surface area contributed by atoms with Crippen LogP contribution in [0, 0.1) is 5.92 Å². The van der Waals surface area contributed by atoms with E-state index in [1.54, 1.807) is 0 Å². The van der Waals surface area contributed by atoms with Crippen LogP contribution in [0.5, 0.6) is 0 Å². The van der Waals surface area contributed by atoms with Crippen LogP contribution >= 0.6 is 11.8 Å². The van der Waals surface area contributed by atoms with Crippen LogP contribution in [0.15, 0.2) is 6.33 Å². The lowest BCUT2D eigenvalue weighted by Crippen LogP contribution is -2.18. The van der Waals surface area contributed by atoms with E-state index in [-0.39, 0.29) is 0 Å². The largest absolute Gasteiger partial charge is 0.369 e. The number of nitrogen functional groups attached to an aromatic ring is 1. The maximum atomic E-state index is 5.48. The van der Waals surface area contributed by atoms with Crippen molar-refractivity contribution >= 4 is 23.4 Å². The number of anilines is 2. The minimum Gasteiger partial charge on any atom is -0.369 e. The summed E-state index contributed by atoms with van der Waals surface area (Å²) < 4.78 is 0. The molecule has 102 valence electrons. The van der Waals surface area contributed by atoms with Crippen molar-refractivity contribution in [2.24, 2.45) is 11.8 Å². The molecule has 0 aliphatic carbocycles. The molecule has 1 aromatic heterocycles. The van der Waals surface area contributed by atoms with Crippen molar-refractivity contribution in [2.45, 2.75) is 26.7 Å². The van der Waals surface area contributed by atoms with Crippen molar-refractivity contribution in [2.75, 3.05) is 29.3 Å². The van der Waals surface area contributed by atoms with Crippen LogP contribution in [0.3, 0.4) is 0 Å². The average Bonchev–Trinajstić information content (AvgIpc) is 2.38. The van der Waals surface area contributed by atoms with Crippen molar-refractivity contribution < 1.29 is 0 Å². The third-order valence-electron chi connectivity index (χ3n) is 2.65. The van der Waals surface area contributed by atoms with Gasteiger partial charge in [-0.25, -0.2) is 15.8 Å². The Bertz CT molecular complexity index is 358. The molecule has 1 rings (SSSR count). The first-order valence-electron chi connectivity index (χ1n) is 6.26. The van der Waals surface area contributed by atoms with Crippen molar-refractivity contribution in [1.29, 1.82) is 0 Å². The van der Waals surface area contributed by atoms with Gasteiger partial charge < -0.3 is 10.7 Å². The fraction of sp³-hybridized carbons (Fsp3) is 0.667. The van der Waals surface area contributed by atoms with Gasteiger partial charge in [0.1, 0.15) is 18.0 Å². The molecule has 0 spiro atoms. The van der Waals surface area contributed by atoms with Gasteiger partial charge in [-0.3, -0.25) is 0 Å². The molecule has 0 bridgehead atoms. The summed E-state index contributed by atoms with van der Waals surface area (Å²) in [6.07, 6.45) is 5.62. The molecule has 6 heteroatoms. The van der Waals surface area contributed by atoms with Gasteiger partial charge in [0, 0.05) is 12.1 Å². The Kier molecular flexibility index (Phi) is 6.82. The average molecular weight is 269 g/mol. The first kappa shape index (κ1) is 15.0. The molecule has 1 heterocycles. The standard InChI is InChI=1S/C12H23N5S/c1-4-5-10-11(14-6-9(2)7-18-3)15-8-16-12(10)17-13/h8-9H,4-7,13H2,1-3H3,(H2,14,15,16,17). The van der Waals surface area contributed by atoms with Crippen molar-refractivity contribution in [3.8, 4) is 0 Å². The highest BCUT2D eigenvalue weighted by atomic mass is 32.2. The second-order valence-corrected chi connectivity index (χ2v) is 5.30. The fourth-order valence-electron chi connectivity index (χ4n) is 1.79. The van der Waals surface area contributed by atoms with Gasteiger partial charge in [-0.2, -0.15) is 11.8 Å². The fourth-order valence-corrected chi connectivity index (χ4v) is 2.48. The van der Waals surface area contributed by atoms with Gasteiger partial charge in [-0.05, 0) is 24.3 Å². The quantitative estimate of drug-likeness (QED) is 0.496. The molecule has 0 aromatic carbocycles. The van der Waals surface area contributed by atoms with E-state index in [0.717, 1.165) is 36.5 Å². The van der Waals surface area contributed by atoms with E-state index in [1.807, 2.05) is 11.8 Å². The van der Waals surface area contributed by atoms with E-state index in [4.69, 9.17) is 5.84 Å². The van der Waals surface area contributed by atoms with Gasteiger partial charge in [-0.15, -0.1) is 0 Å². The normalized spacial score (nSPS) is 12.2. The lowest BCUT2D eigenvalue weighted by Gasteiger charge is -2.16. The Balaban J connectivity index is 2.74.